The van der Waals surface area contributed by atoms with Gasteiger partial charge in [-0.3, -0.25) is 0 Å². The van der Waals surface area contributed by atoms with E-state index in [9.17, 15) is 4.39 Å². The maximum absolute atomic E-state index is 13.0. The van der Waals surface area contributed by atoms with E-state index in [0.29, 0.717) is 19.1 Å². The smallest absolute Gasteiger partial charge is 0.152 e. The van der Waals surface area contributed by atoms with Gasteiger partial charge in [-0.05, 0) is 54.9 Å². The van der Waals surface area contributed by atoms with Crippen molar-refractivity contribution in [3.05, 3.63) is 19.9 Å². The first kappa shape index (κ1) is 8.36. The molecule has 0 fully saturated rings. The summed E-state index contributed by atoms with van der Waals surface area (Å²) in [4.78, 5) is 0. The average molecular weight is 343 g/mol. The van der Waals surface area contributed by atoms with Crippen LogP contribution in [-0.4, -0.2) is 10.3 Å². The van der Waals surface area contributed by atoms with E-state index in [-0.39, 0.29) is 5.82 Å². The Balaban J connectivity index is 2.97. The van der Waals surface area contributed by atoms with Crippen molar-refractivity contribution in [2.75, 3.05) is 0 Å². The largest absolute Gasteiger partial charge is 0.243 e. The molecular weight excluding hydrogens is 342 g/mol. The van der Waals surface area contributed by atoms with Crippen molar-refractivity contribution in [3.8, 4) is 0 Å². The normalized spacial score (nSPS) is 10.9. The summed E-state index contributed by atoms with van der Waals surface area (Å²) < 4.78 is 18.5. The van der Waals surface area contributed by atoms with Crippen molar-refractivity contribution in [1.29, 1.82) is 0 Å². The SMILES string of the molecule is Fc1cc(Br)c2nonc2c1I. The molecular formula is C6HBrFIN2O. The number of aromatic nitrogens is 2. The molecule has 2 rings (SSSR count). The van der Waals surface area contributed by atoms with Crippen LogP contribution >= 0.6 is 38.5 Å². The molecule has 62 valence electrons. The second-order valence-corrected chi connectivity index (χ2v) is 4.05. The van der Waals surface area contributed by atoms with Gasteiger partial charge in [0.05, 0.1) is 8.04 Å². The van der Waals surface area contributed by atoms with Crippen molar-refractivity contribution in [1.82, 2.24) is 10.3 Å². The first-order valence-electron chi connectivity index (χ1n) is 2.96. The molecule has 6 heteroatoms. The van der Waals surface area contributed by atoms with Gasteiger partial charge in [0, 0.05) is 0 Å². The Labute approximate surface area is 88.5 Å². The molecule has 0 saturated carbocycles. The first-order valence-corrected chi connectivity index (χ1v) is 4.83. The fourth-order valence-electron chi connectivity index (χ4n) is 0.845. The zero-order chi connectivity index (χ0) is 8.72. The summed E-state index contributed by atoms with van der Waals surface area (Å²) >= 11 is 5.01. The van der Waals surface area contributed by atoms with Crippen LogP contribution in [0.3, 0.4) is 0 Å². The second-order valence-electron chi connectivity index (χ2n) is 2.12. The van der Waals surface area contributed by atoms with Gasteiger partial charge in [-0.25, -0.2) is 9.02 Å². The van der Waals surface area contributed by atoms with E-state index in [2.05, 4.69) is 30.9 Å². The summed E-state index contributed by atoms with van der Waals surface area (Å²) in [5.41, 5.74) is 0.989. The van der Waals surface area contributed by atoms with Crippen LogP contribution in [0.15, 0.2) is 15.2 Å². The summed E-state index contributed by atoms with van der Waals surface area (Å²) in [7, 11) is 0. The topological polar surface area (TPSA) is 38.9 Å². The van der Waals surface area contributed by atoms with Crippen molar-refractivity contribution in [3.63, 3.8) is 0 Å². The van der Waals surface area contributed by atoms with E-state index < -0.39 is 0 Å². The van der Waals surface area contributed by atoms with Gasteiger partial charge in [0.25, 0.3) is 0 Å². The van der Waals surface area contributed by atoms with Crippen molar-refractivity contribution < 1.29 is 9.02 Å². The molecule has 2 aromatic rings. The standard InChI is InChI=1S/C6HBrFIN2O/c7-2-1-3(8)4(9)6-5(2)10-12-11-6/h1H. The molecule has 0 aliphatic rings. The first-order chi connectivity index (χ1) is 5.70. The molecule has 0 unspecified atom stereocenters. The highest BCUT2D eigenvalue weighted by molar-refractivity contribution is 14.1. The Morgan fingerprint density at radius 1 is 1.42 bits per heavy atom. The molecule has 1 aromatic heterocycles. The quantitative estimate of drug-likeness (QED) is 0.546. The summed E-state index contributed by atoms with van der Waals surface area (Å²) in [5.74, 6) is -0.328. The van der Waals surface area contributed by atoms with Crippen LogP contribution in [0.5, 0.6) is 0 Å². The molecule has 0 aliphatic heterocycles. The number of hydrogen-bond acceptors (Lipinski definition) is 3. The highest BCUT2D eigenvalue weighted by atomic mass is 127. The predicted octanol–water partition coefficient (Wildman–Crippen LogP) is 2.73. The van der Waals surface area contributed by atoms with Crippen molar-refractivity contribution >= 4 is 49.6 Å². The predicted molar refractivity (Wildman–Crippen MR) is 52.2 cm³/mol. The van der Waals surface area contributed by atoms with Gasteiger partial charge >= 0.3 is 0 Å². The molecule has 0 N–H and O–H groups in total. The zero-order valence-corrected chi connectivity index (χ0v) is 9.26. The molecule has 1 aromatic carbocycles. The second kappa shape index (κ2) is 2.91. The van der Waals surface area contributed by atoms with Gasteiger partial charge in [-0.1, -0.05) is 0 Å². The van der Waals surface area contributed by atoms with Gasteiger partial charge in [-0.15, -0.1) is 0 Å². The van der Waals surface area contributed by atoms with Crippen LogP contribution in [0.1, 0.15) is 0 Å². The Morgan fingerprint density at radius 3 is 2.83 bits per heavy atom. The highest BCUT2D eigenvalue weighted by Gasteiger charge is 2.13. The molecule has 0 bridgehead atoms. The number of hydrogen-bond donors (Lipinski definition) is 0. The minimum atomic E-state index is -0.328. The number of rotatable bonds is 0. The minimum absolute atomic E-state index is 0.328. The van der Waals surface area contributed by atoms with E-state index in [4.69, 9.17) is 0 Å². The average Bonchev–Trinajstić information content (AvgIpc) is 2.48. The highest BCUT2D eigenvalue weighted by Crippen LogP contribution is 2.27. The van der Waals surface area contributed by atoms with E-state index in [1.165, 1.54) is 6.07 Å². The molecule has 0 atom stereocenters. The Kier molecular flexibility index (Phi) is 2.03. The fraction of sp³-hybridized carbons (Fsp3) is 0. The summed E-state index contributed by atoms with van der Waals surface area (Å²) in [6.07, 6.45) is 0. The minimum Gasteiger partial charge on any atom is -0.243 e. The lowest BCUT2D eigenvalue weighted by Gasteiger charge is -1.94. The van der Waals surface area contributed by atoms with Crippen molar-refractivity contribution in [2.45, 2.75) is 0 Å². The summed E-state index contributed by atoms with van der Waals surface area (Å²) in [6.45, 7) is 0. The monoisotopic (exact) mass is 342 g/mol. The molecule has 12 heavy (non-hydrogen) atoms. The lowest BCUT2D eigenvalue weighted by Crippen LogP contribution is -1.84. The Hall–Kier alpha value is -0.240. The molecule has 0 amide bonds. The number of halogens is 3. The third-order valence-electron chi connectivity index (χ3n) is 1.39. The van der Waals surface area contributed by atoms with E-state index in [0.717, 1.165) is 0 Å². The molecule has 0 aliphatic carbocycles. The van der Waals surface area contributed by atoms with Crippen molar-refractivity contribution in [2.24, 2.45) is 0 Å². The van der Waals surface area contributed by atoms with E-state index in [1.807, 2.05) is 22.6 Å². The number of nitrogens with zero attached hydrogens (tertiary/aromatic N) is 2. The number of benzene rings is 1. The van der Waals surface area contributed by atoms with Crippen LogP contribution in [0.4, 0.5) is 4.39 Å². The molecule has 0 spiro atoms. The van der Waals surface area contributed by atoms with Gasteiger partial charge < -0.3 is 0 Å². The Bertz CT molecular complexity index is 444. The zero-order valence-electron chi connectivity index (χ0n) is 5.51. The fourth-order valence-corrected chi connectivity index (χ4v) is 1.82. The van der Waals surface area contributed by atoms with Gasteiger partial charge in [-0.2, -0.15) is 0 Å². The lowest BCUT2D eigenvalue weighted by atomic mass is 10.3. The van der Waals surface area contributed by atoms with Crippen LogP contribution in [-0.2, 0) is 0 Å². The maximum Gasteiger partial charge on any atom is 0.152 e. The van der Waals surface area contributed by atoms with Gasteiger partial charge in [0.2, 0.25) is 0 Å². The maximum atomic E-state index is 13.0. The lowest BCUT2D eigenvalue weighted by molar-refractivity contribution is 0.315. The van der Waals surface area contributed by atoms with Gasteiger partial charge in [0.15, 0.2) is 11.0 Å². The van der Waals surface area contributed by atoms with Crippen LogP contribution < -0.4 is 0 Å². The Morgan fingerprint density at radius 2 is 2.08 bits per heavy atom. The third-order valence-corrected chi connectivity index (χ3v) is 3.02. The van der Waals surface area contributed by atoms with Crippen LogP contribution in [0, 0.1) is 9.39 Å². The molecule has 0 radical (unpaired) electrons. The van der Waals surface area contributed by atoms with E-state index in [1.54, 1.807) is 0 Å². The summed E-state index contributed by atoms with van der Waals surface area (Å²) in [5, 5.41) is 7.19. The van der Waals surface area contributed by atoms with Crippen LogP contribution in [0.25, 0.3) is 11.0 Å². The third kappa shape index (κ3) is 1.13. The molecule has 1 heterocycles. The van der Waals surface area contributed by atoms with E-state index >= 15 is 0 Å². The van der Waals surface area contributed by atoms with Gasteiger partial charge in [0.1, 0.15) is 5.82 Å². The number of fused-ring (bicyclic) bond motifs is 1. The van der Waals surface area contributed by atoms with Crippen LogP contribution in [0.2, 0.25) is 0 Å². The molecule has 3 nitrogen and oxygen atoms in total. The summed E-state index contributed by atoms with van der Waals surface area (Å²) in [6, 6.07) is 1.34. The molecule has 0 saturated heterocycles.